The lowest BCUT2D eigenvalue weighted by molar-refractivity contribution is 0.607. The van der Waals surface area contributed by atoms with Gasteiger partial charge in [-0.25, -0.2) is 9.07 Å². The van der Waals surface area contributed by atoms with E-state index >= 15 is 0 Å². The van der Waals surface area contributed by atoms with Crippen molar-refractivity contribution < 1.29 is 4.39 Å². The van der Waals surface area contributed by atoms with Gasteiger partial charge in [-0.05, 0) is 30.7 Å². The highest BCUT2D eigenvalue weighted by atomic mass is 35.5. The number of aromatic nitrogens is 3. The van der Waals surface area contributed by atoms with Crippen LogP contribution < -0.4 is 5.32 Å². The van der Waals surface area contributed by atoms with Crippen molar-refractivity contribution in [1.29, 1.82) is 0 Å². The van der Waals surface area contributed by atoms with Crippen molar-refractivity contribution in [2.75, 3.05) is 13.1 Å². The highest BCUT2D eigenvalue weighted by Crippen LogP contribution is 2.19. The molecule has 6 heteroatoms. The molecule has 100 valence electrons. The van der Waals surface area contributed by atoms with Crippen molar-refractivity contribution in [2.24, 2.45) is 0 Å². The molecule has 0 saturated heterocycles. The third-order valence-corrected chi connectivity index (χ3v) is 2.99. The van der Waals surface area contributed by atoms with E-state index in [2.05, 4.69) is 21.7 Å². The zero-order chi connectivity index (χ0) is 12.4. The number of nitrogens with zero attached hydrogens (tertiary/aromatic N) is 3. The number of nitrogens with one attached hydrogen (secondary N) is 1. The lowest BCUT2D eigenvalue weighted by Crippen LogP contribution is -2.20. The van der Waals surface area contributed by atoms with Crippen LogP contribution in [0.5, 0.6) is 0 Å². The Bertz CT molecular complexity index is 594. The zero-order valence-corrected chi connectivity index (χ0v) is 11.0. The first-order valence-electron chi connectivity index (χ1n) is 5.92. The van der Waals surface area contributed by atoms with Crippen LogP contribution in [0.4, 0.5) is 4.39 Å². The average molecular weight is 281 g/mol. The Hall–Kier alpha value is -1.72. The van der Waals surface area contributed by atoms with Crippen LogP contribution in [0.3, 0.4) is 0 Å². The number of hydrogen-bond acceptors (Lipinski definition) is 3. The smallest absolute Gasteiger partial charge is 0.148 e. The van der Waals surface area contributed by atoms with Crippen LogP contribution in [0.25, 0.3) is 11.3 Å². The molecular weight excluding hydrogens is 267 g/mol. The van der Waals surface area contributed by atoms with E-state index in [1.807, 2.05) is 0 Å². The van der Waals surface area contributed by atoms with Crippen molar-refractivity contribution in [2.45, 2.75) is 6.42 Å². The fourth-order valence-corrected chi connectivity index (χ4v) is 2.02. The van der Waals surface area contributed by atoms with E-state index in [0.717, 1.165) is 30.8 Å². The number of para-hydroxylation sites is 1. The van der Waals surface area contributed by atoms with Gasteiger partial charge >= 0.3 is 0 Å². The minimum atomic E-state index is -0.298. The van der Waals surface area contributed by atoms with E-state index in [1.165, 1.54) is 10.7 Å². The number of benzene rings is 1. The molecule has 1 aromatic carbocycles. The quantitative estimate of drug-likeness (QED) is 0.917. The van der Waals surface area contributed by atoms with Gasteiger partial charge in [-0.2, -0.15) is 0 Å². The zero-order valence-electron chi connectivity index (χ0n) is 10.2. The minimum absolute atomic E-state index is 0. The van der Waals surface area contributed by atoms with Gasteiger partial charge in [0.2, 0.25) is 0 Å². The van der Waals surface area contributed by atoms with Gasteiger partial charge < -0.3 is 5.32 Å². The van der Waals surface area contributed by atoms with Gasteiger partial charge in [0.1, 0.15) is 17.2 Å². The van der Waals surface area contributed by atoms with Gasteiger partial charge in [-0.1, -0.05) is 23.4 Å². The topological polar surface area (TPSA) is 42.7 Å². The summed E-state index contributed by atoms with van der Waals surface area (Å²) in [5, 5.41) is 11.3. The molecule has 1 aliphatic rings. The van der Waals surface area contributed by atoms with Gasteiger partial charge in [0.05, 0.1) is 6.20 Å². The molecule has 4 nitrogen and oxygen atoms in total. The van der Waals surface area contributed by atoms with E-state index < -0.39 is 0 Å². The van der Waals surface area contributed by atoms with Crippen molar-refractivity contribution in [3.8, 4) is 5.69 Å². The molecule has 0 amide bonds. The number of hydrogen-bond donors (Lipinski definition) is 1. The van der Waals surface area contributed by atoms with Crippen LogP contribution in [0.1, 0.15) is 12.1 Å². The fourth-order valence-electron chi connectivity index (χ4n) is 2.02. The van der Waals surface area contributed by atoms with Crippen molar-refractivity contribution in [3.05, 3.63) is 48.0 Å². The summed E-state index contributed by atoms with van der Waals surface area (Å²) in [7, 11) is 0. The largest absolute Gasteiger partial charge is 0.313 e. The standard InChI is InChI=1S/C13H13FN4.ClH/c14-11-3-1-2-4-13(11)18-9-12(16-17-18)10-5-7-15-8-6-10;/h1-5,9,15H,6-8H2;1H. The summed E-state index contributed by atoms with van der Waals surface area (Å²) in [6.07, 6.45) is 4.80. The summed E-state index contributed by atoms with van der Waals surface area (Å²) < 4.78 is 15.1. The lowest BCUT2D eigenvalue weighted by atomic mass is 10.1. The second kappa shape index (κ2) is 5.95. The Kier molecular flexibility index (Phi) is 4.29. The minimum Gasteiger partial charge on any atom is -0.313 e. The van der Waals surface area contributed by atoms with Crippen molar-refractivity contribution in [3.63, 3.8) is 0 Å². The Morgan fingerprint density at radius 3 is 2.84 bits per heavy atom. The normalized spacial score (nSPS) is 14.7. The van der Waals surface area contributed by atoms with E-state index in [0.29, 0.717) is 5.69 Å². The van der Waals surface area contributed by atoms with Crippen molar-refractivity contribution in [1.82, 2.24) is 20.3 Å². The van der Waals surface area contributed by atoms with Gasteiger partial charge in [0, 0.05) is 6.54 Å². The van der Waals surface area contributed by atoms with Crippen LogP contribution in [0, 0.1) is 5.82 Å². The molecule has 0 fully saturated rings. The Morgan fingerprint density at radius 2 is 2.11 bits per heavy atom. The van der Waals surface area contributed by atoms with E-state index in [9.17, 15) is 4.39 Å². The van der Waals surface area contributed by atoms with E-state index in [4.69, 9.17) is 0 Å². The average Bonchev–Trinajstić information content (AvgIpc) is 2.90. The van der Waals surface area contributed by atoms with Crippen LogP contribution in [-0.2, 0) is 0 Å². The van der Waals surface area contributed by atoms with Crippen molar-refractivity contribution >= 4 is 18.0 Å². The Labute approximate surface area is 116 Å². The summed E-state index contributed by atoms with van der Waals surface area (Å²) in [5.41, 5.74) is 2.40. The van der Waals surface area contributed by atoms with Gasteiger partial charge in [-0.3, -0.25) is 0 Å². The molecule has 19 heavy (non-hydrogen) atoms. The molecule has 0 saturated carbocycles. The maximum Gasteiger partial charge on any atom is 0.148 e. The molecule has 3 rings (SSSR count). The molecule has 2 heterocycles. The maximum absolute atomic E-state index is 13.6. The second-order valence-electron chi connectivity index (χ2n) is 4.18. The fraction of sp³-hybridized carbons (Fsp3) is 0.231. The van der Waals surface area contributed by atoms with Crippen LogP contribution >= 0.6 is 12.4 Å². The molecule has 2 aromatic rings. The maximum atomic E-state index is 13.6. The first kappa shape index (κ1) is 13.7. The van der Waals surface area contributed by atoms with Gasteiger partial charge in [0.15, 0.2) is 0 Å². The Morgan fingerprint density at radius 1 is 1.26 bits per heavy atom. The molecule has 1 N–H and O–H groups in total. The number of rotatable bonds is 2. The SMILES string of the molecule is Cl.Fc1ccccc1-n1cc(C2=CCNCC2)nn1. The summed E-state index contributed by atoms with van der Waals surface area (Å²) in [4.78, 5) is 0. The second-order valence-corrected chi connectivity index (χ2v) is 4.18. The Balaban J connectivity index is 0.00000133. The number of halogens is 2. The summed E-state index contributed by atoms with van der Waals surface area (Å²) in [6, 6.07) is 6.54. The molecule has 1 aromatic heterocycles. The highest BCUT2D eigenvalue weighted by molar-refractivity contribution is 5.85. The molecule has 0 unspecified atom stereocenters. The monoisotopic (exact) mass is 280 g/mol. The summed E-state index contributed by atoms with van der Waals surface area (Å²) in [6.45, 7) is 1.79. The van der Waals surface area contributed by atoms with Crippen LogP contribution in [0.15, 0.2) is 36.5 Å². The summed E-state index contributed by atoms with van der Waals surface area (Å²) in [5.74, 6) is -0.298. The highest BCUT2D eigenvalue weighted by Gasteiger charge is 2.11. The van der Waals surface area contributed by atoms with Gasteiger partial charge in [-0.15, -0.1) is 17.5 Å². The molecule has 1 aliphatic heterocycles. The van der Waals surface area contributed by atoms with Crippen LogP contribution in [-0.4, -0.2) is 28.1 Å². The predicted molar refractivity (Wildman–Crippen MR) is 74.0 cm³/mol. The third-order valence-electron chi connectivity index (χ3n) is 2.99. The van der Waals surface area contributed by atoms with E-state index in [1.54, 1.807) is 24.4 Å². The van der Waals surface area contributed by atoms with Crippen LogP contribution in [0.2, 0.25) is 0 Å². The predicted octanol–water partition coefficient (Wildman–Crippen LogP) is 2.20. The lowest BCUT2D eigenvalue weighted by Gasteiger charge is -2.10. The van der Waals surface area contributed by atoms with Gasteiger partial charge in [0.25, 0.3) is 0 Å². The first-order valence-corrected chi connectivity index (χ1v) is 5.92. The first-order chi connectivity index (χ1) is 8.84. The van der Waals surface area contributed by atoms with E-state index in [-0.39, 0.29) is 18.2 Å². The summed E-state index contributed by atoms with van der Waals surface area (Å²) >= 11 is 0. The molecule has 0 spiro atoms. The molecule has 0 atom stereocenters. The molecule has 0 bridgehead atoms. The molecule has 0 aliphatic carbocycles. The molecule has 0 radical (unpaired) electrons. The third kappa shape index (κ3) is 2.83. The molecular formula is C13H14ClFN4.